The Morgan fingerprint density at radius 2 is 2.03 bits per heavy atom. The third kappa shape index (κ3) is 4.60. The summed E-state index contributed by atoms with van der Waals surface area (Å²) in [4.78, 5) is 18.9. The van der Waals surface area contributed by atoms with Gasteiger partial charge < -0.3 is 9.88 Å². The van der Waals surface area contributed by atoms with Gasteiger partial charge >= 0.3 is 0 Å². The summed E-state index contributed by atoms with van der Waals surface area (Å²) in [7, 11) is 1.40. The number of imidazole rings is 1. The fourth-order valence-corrected chi connectivity index (χ4v) is 6.27. The number of carbonyl (C=O) groups is 1. The minimum Gasteiger partial charge on any atom is -0.348 e. The van der Waals surface area contributed by atoms with Gasteiger partial charge in [-0.3, -0.25) is 4.79 Å². The Morgan fingerprint density at radius 1 is 1.28 bits per heavy atom. The molecule has 1 aliphatic rings. The van der Waals surface area contributed by atoms with Gasteiger partial charge in [-0.1, -0.05) is 18.9 Å². The lowest BCUT2D eigenvalue weighted by atomic mass is 9.96. The Balaban J connectivity index is 1.47. The van der Waals surface area contributed by atoms with E-state index >= 15 is 0 Å². The molecule has 4 rings (SSSR count). The van der Waals surface area contributed by atoms with Crippen molar-refractivity contribution in [1.29, 1.82) is 0 Å². The van der Waals surface area contributed by atoms with E-state index in [-0.39, 0.29) is 16.8 Å². The second-order valence-corrected chi connectivity index (χ2v) is 11.8. The molecule has 1 N–H and O–H groups in total. The first-order valence-corrected chi connectivity index (χ1v) is 13.3. The summed E-state index contributed by atoms with van der Waals surface area (Å²) in [6, 6.07) is 9.21. The highest BCUT2D eigenvalue weighted by atomic mass is 32.2. The third-order valence-electron chi connectivity index (χ3n) is 6.34. The van der Waals surface area contributed by atoms with Crippen LogP contribution < -0.4 is 5.32 Å². The van der Waals surface area contributed by atoms with Gasteiger partial charge in [0.05, 0.1) is 22.0 Å². The molecule has 0 spiro atoms. The van der Waals surface area contributed by atoms with Crippen molar-refractivity contribution in [1.82, 2.24) is 19.2 Å². The molecule has 0 bridgehead atoms. The number of fused-ring (bicyclic) bond motifs is 1. The van der Waals surface area contributed by atoms with Crippen LogP contribution in [0.5, 0.6) is 0 Å². The lowest BCUT2D eigenvalue weighted by molar-refractivity contribution is -0.122. The molecule has 1 amide bonds. The first-order valence-electron chi connectivity index (χ1n) is 11.0. The van der Waals surface area contributed by atoms with Gasteiger partial charge in [-0.05, 0) is 48.4 Å². The van der Waals surface area contributed by atoms with Gasteiger partial charge in [0.25, 0.3) is 0 Å². The minimum atomic E-state index is -3.52. The predicted octanol–water partition coefficient (Wildman–Crippen LogP) is 3.87. The second-order valence-electron chi connectivity index (χ2n) is 8.63. The fraction of sp³-hybridized carbons (Fsp3) is 0.478. The summed E-state index contributed by atoms with van der Waals surface area (Å²) in [5.41, 5.74) is 1.47. The SMILES string of the molecule is CN(C)S(=O)(=O)c1ccc2c(c1)nc(CCC(=O)NC(c1cccs1)C1CCCC1)n2C. The van der Waals surface area contributed by atoms with Crippen LogP contribution in [0.25, 0.3) is 11.0 Å². The fourth-order valence-electron chi connectivity index (χ4n) is 4.48. The van der Waals surface area contributed by atoms with Crippen molar-refractivity contribution in [2.75, 3.05) is 14.1 Å². The van der Waals surface area contributed by atoms with E-state index in [2.05, 4.69) is 21.7 Å². The summed E-state index contributed by atoms with van der Waals surface area (Å²) in [5, 5.41) is 5.34. The van der Waals surface area contributed by atoms with E-state index in [1.54, 1.807) is 29.5 Å². The van der Waals surface area contributed by atoms with Crippen LogP contribution in [0.4, 0.5) is 0 Å². The highest BCUT2D eigenvalue weighted by Gasteiger charge is 2.28. The number of amides is 1. The number of carbonyl (C=O) groups excluding carboxylic acids is 1. The van der Waals surface area contributed by atoms with Crippen molar-refractivity contribution in [3.05, 3.63) is 46.4 Å². The van der Waals surface area contributed by atoms with Gasteiger partial charge in [-0.25, -0.2) is 17.7 Å². The molecule has 172 valence electrons. The monoisotopic (exact) mass is 474 g/mol. The van der Waals surface area contributed by atoms with Crippen LogP contribution in [-0.4, -0.2) is 42.3 Å². The number of hydrogen-bond acceptors (Lipinski definition) is 5. The molecule has 32 heavy (non-hydrogen) atoms. The molecule has 1 aromatic carbocycles. The van der Waals surface area contributed by atoms with Gasteiger partial charge in [-0.2, -0.15) is 0 Å². The number of hydrogen-bond donors (Lipinski definition) is 1. The number of rotatable bonds is 8. The zero-order valence-corrected chi connectivity index (χ0v) is 20.4. The summed E-state index contributed by atoms with van der Waals surface area (Å²) < 4.78 is 28.0. The van der Waals surface area contributed by atoms with Gasteiger partial charge in [0.15, 0.2) is 0 Å². The number of benzene rings is 1. The zero-order valence-electron chi connectivity index (χ0n) is 18.7. The first kappa shape index (κ1) is 22.9. The molecule has 1 unspecified atom stereocenters. The molecule has 7 nitrogen and oxygen atoms in total. The van der Waals surface area contributed by atoms with Crippen LogP contribution in [0.2, 0.25) is 0 Å². The molecule has 9 heteroatoms. The van der Waals surface area contributed by atoms with Gasteiger partial charge in [0.2, 0.25) is 15.9 Å². The molecule has 0 saturated heterocycles. The third-order valence-corrected chi connectivity index (χ3v) is 9.10. The normalized spacial score (nSPS) is 16.1. The van der Waals surface area contributed by atoms with E-state index in [4.69, 9.17) is 0 Å². The van der Waals surface area contributed by atoms with Crippen molar-refractivity contribution < 1.29 is 13.2 Å². The van der Waals surface area contributed by atoms with E-state index < -0.39 is 10.0 Å². The van der Waals surface area contributed by atoms with Crippen LogP contribution >= 0.6 is 11.3 Å². The Morgan fingerprint density at radius 3 is 2.69 bits per heavy atom. The number of aromatic nitrogens is 2. The number of sulfonamides is 1. The highest BCUT2D eigenvalue weighted by molar-refractivity contribution is 7.89. The van der Waals surface area contributed by atoms with E-state index in [0.717, 1.165) is 24.2 Å². The molecular formula is C23H30N4O3S2. The van der Waals surface area contributed by atoms with Crippen molar-refractivity contribution in [2.45, 2.75) is 49.5 Å². The van der Waals surface area contributed by atoms with Crippen LogP contribution in [0.1, 0.15) is 48.8 Å². The lowest BCUT2D eigenvalue weighted by Crippen LogP contribution is -2.32. The maximum atomic E-state index is 12.8. The lowest BCUT2D eigenvalue weighted by Gasteiger charge is -2.23. The topological polar surface area (TPSA) is 84.3 Å². The minimum absolute atomic E-state index is 0.0261. The average Bonchev–Trinajstić information content (AvgIpc) is 3.52. The second kappa shape index (κ2) is 9.33. The number of nitrogens with zero attached hydrogens (tertiary/aromatic N) is 3. The average molecular weight is 475 g/mol. The Bertz CT molecular complexity index is 1190. The standard InChI is InChI=1S/C23H30N4O3S2/c1-26(2)32(29,30)17-10-11-19-18(15-17)24-21(27(19)3)12-13-22(28)25-23(16-7-4-5-8-16)20-9-6-14-31-20/h6,9-11,14-16,23H,4-5,7-8,12-13H2,1-3H3,(H,25,28). The molecule has 1 aliphatic carbocycles. The number of aryl methyl sites for hydroxylation is 2. The van der Waals surface area contributed by atoms with E-state index in [9.17, 15) is 13.2 Å². The summed E-state index contributed by atoms with van der Waals surface area (Å²) in [5.74, 6) is 1.30. The smallest absolute Gasteiger partial charge is 0.242 e. The van der Waals surface area contributed by atoms with Crippen LogP contribution in [-0.2, 0) is 28.3 Å². The van der Waals surface area contributed by atoms with Crippen molar-refractivity contribution >= 4 is 38.3 Å². The van der Waals surface area contributed by atoms with Crippen molar-refractivity contribution in [3.63, 3.8) is 0 Å². The Labute approximate surface area is 193 Å². The van der Waals surface area contributed by atoms with Crippen LogP contribution in [0.3, 0.4) is 0 Å². The summed E-state index contributed by atoms with van der Waals surface area (Å²) in [6.45, 7) is 0. The number of thiophene rings is 1. The Kier molecular flexibility index (Phi) is 6.69. The maximum Gasteiger partial charge on any atom is 0.242 e. The molecule has 0 aliphatic heterocycles. The largest absolute Gasteiger partial charge is 0.348 e. The highest BCUT2D eigenvalue weighted by Crippen LogP contribution is 2.37. The van der Waals surface area contributed by atoms with E-state index in [1.807, 2.05) is 17.7 Å². The van der Waals surface area contributed by atoms with Crippen molar-refractivity contribution in [2.24, 2.45) is 13.0 Å². The molecule has 1 atom stereocenters. The van der Waals surface area contributed by atoms with Gasteiger partial charge in [0, 0.05) is 38.9 Å². The first-order chi connectivity index (χ1) is 15.3. The number of nitrogens with one attached hydrogen (secondary N) is 1. The molecule has 2 aromatic heterocycles. The quantitative estimate of drug-likeness (QED) is 0.537. The molecule has 1 saturated carbocycles. The van der Waals surface area contributed by atoms with Crippen LogP contribution in [0.15, 0.2) is 40.6 Å². The summed E-state index contributed by atoms with van der Waals surface area (Å²) in [6.07, 6.45) is 5.61. The van der Waals surface area contributed by atoms with E-state index in [0.29, 0.717) is 24.3 Å². The molecule has 1 fully saturated rings. The molecular weight excluding hydrogens is 444 g/mol. The van der Waals surface area contributed by atoms with E-state index in [1.165, 1.54) is 36.1 Å². The van der Waals surface area contributed by atoms with Crippen molar-refractivity contribution in [3.8, 4) is 0 Å². The van der Waals surface area contributed by atoms with Gasteiger partial charge in [-0.15, -0.1) is 11.3 Å². The summed E-state index contributed by atoms with van der Waals surface area (Å²) >= 11 is 1.70. The molecule has 3 aromatic rings. The van der Waals surface area contributed by atoms with Gasteiger partial charge in [0.1, 0.15) is 5.82 Å². The molecule has 0 radical (unpaired) electrons. The Hall–Kier alpha value is -2.23. The maximum absolute atomic E-state index is 12.8. The molecule has 2 heterocycles. The predicted molar refractivity (Wildman–Crippen MR) is 127 cm³/mol. The van der Waals surface area contributed by atoms with Crippen LogP contribution in [0, 0.1) is 5.92 Å². The zero-order chi connectivity index (χ0) is 22.9.